The average molecular weight is 509 g/mol. The molecule has 4 aromatic rings. The number of amides is 1. The Morgan fingerprint density at radius 3 is 2.34 bits per heavy atom. The van der Waals surface area contributed by atoms with E-state index in [2.05, 4.69) is 20.5 Å². The number of hydrogen-bond acceptors (Lipinski definition) is 8. The number of fused-ring (bicyclic) bond motifs is 1. The molecule has 35 heavy (non-hydrogen) atoms. The minimum Gasteiger partial charge on any atom is -0.510 e. The number of aliphatic hydroxyl groups excluding tert-OH is 1. The molecule has 0 spiro atoms. The van der Waals surface area contributed by atoms with Crippen LogP contribution in [0.5, 0.6) is 0 Å². The lowest BCUT2D eigenvalue weighted by atomic mass is 10.2. The van der Waals surface area contributed by atoms with Crippen LogP contribution in [0.4, 0.5) is 11.4 Å². The van der Waals surface area contributed by atoms with Crippen molar-refractivity contribution < 1.29 is 22.9 Å². The van der Waals surface area contributed by atoms with E-state index >= 15 is 0 Å². The highest BCUT2D eigenvalue weighted by Crippen LogP contribution is 2.36. The summed E-state index contributed by atoms with van der Waals surface area (Å²) >= 11 is 1.15. The predicted octanol–water partition coefficient (Wildman–Crippen LogP) is 6.03. The summed E-state index contributed by atoms with van der Waals surface area (Å²) in [5.41, 5.74) is 2.36. The van der Waals surface area contributed by atoms with E-state index in [0.29, 0.717) is 37.7 Å². The molecule has 0 aliphatic carbocycles. The fourth-order valence-corrected chi connectivity index (χ4v) is 5.60. The number of carbonyl (C=O) groups is 1. The monoisotopic (exact) mass is 508 g/mol. The first-order chi connectivity index (χ1) is 16.6. The molecule has 1 amide bonds. The van der Waals surface area contributed by atoms with Gasteiger partial charge in [-0.05, 0) is 61.9 Å². The first kappa shape index (κ1) is 24.2. The van der Waals surface area contributed by atoms with Crippen LogP contribution in [0.2, 0.25) is 0 Å². The Labute approximate surface area is 205 Å². The molecular formula is C24H20N4O5S2. The molecule has 1 heterocycles. The van der Waals surface area contributed by atoms with Crippen molar-refractivity contribution in [2.75, 3.05) is 5.32 Å². The van der Waals surface area contributed by atoms with Gasteiger partial charge in [-0.1, -0.05) is 24.3 Å². The number of aryl methyl sites for hydroxylation is 1. The number of rotatable bonds is 6. The molecule has 11 heteroatoms. The fourth-order valence-electron chi connectivity index (χ4n) is 3.28. The average Bonchev–Trinajstić information content (AvgIpc) is 3.23. The van der Waals surface area contributed by atoms with Crippen LogP contribution in [0.25, 0.3) is 20.8 Å². The minimum absolute atomic E-state index is 0.142. The van der Waals surface area contributed by atoms with Gasteiger partial charge in [0.05, 0.1) is 15.9 Å². The Morgan fingerprint density at radius 2 is 1.71 bits per heavy atom. The third-order valence-electron chi connectivity index (χ3n) is 4.94. The largest absolute Gasteiger partial charge is 0.510 e. The molecular weight excluding hydrogens is 488 g/mol. The van der Waals surface area contributed by atoms with E-state index in [1.54, 1.807) is 67.6 Å². The first-order valence-corrected chi connectivity index (χ1v) is 12.5. The van der Waals surface area contributed by atoms with Crippen LogP contribution in [0, 0.1) is 6.92 Å². The van der Waals surface area contributed by atoms with E-state index in [-0.39, 0.29) is 16.4 Å². The van der Waals surface area contributed by atoms with E-state index in [1.165, 1.54) is 6.92 Å². The molecule has 0 aliphatic heterocycles. The summed E-state index contributed by atoms with van der Waals surface area (Å²) in [4.78, 5) is 16.8. The summed E-state index contributed by atoms with van der Waals surface area (Å²) in [6.45, 7) is 2.95. The maximum atomic E-state index is 12.5. The van der Waals surface area contributed by atoms with Crippen LogP contribution in [0.3, 0.4) is 0 Å². The summed E-state index contributed by atoms with van der Waals surface area (Å²) in [6.07, 6.45) is 0. The summed E-state index contributed by atoms with van der Waals surface area (Å²) < 4.78 is 33.7. The lowest BCUT2D eigenvalue weighted by Crippen LogP contribution is -2.14. The molecule has 9 nitrogen and oxygen atoms in total. The molecule has 0 radical (unpaired) electrons. The highest BCUT2D eigenvalue weighted by Gasteiger charge is 2.20. The van der Waals surface area contributed by atoms with Crippen molar-refractivity contribution in [2.45, 2.75) is 18.7 Å². The van der Waals surface area contributed by atoms with Crippen molar-refractivity contribution in [3.63, 3.8) is 0 Å². The fraction of sp³-hybridized carbons (Fsp3) is 0.0833. The van der Waals surface area contributed by atoms with Crippen LogP contribution in [0.1, 0.15) is 12.5 Å². The summed E-state index contributed by atoms with van der Waals surface area (Å²) in [5, 5.41) is 21.1. The number of nitrogens with zero attached hydrogens (tertiary/aromatic N) is 3. The van der Waals surface area contributed by atoms with E-state index in [4.69, 9.17) is 0 Å². The highest BCUT2D eigenvalue weighted by atomic mass is 32.2. The molecule has 0 saturated carbocycles. The van der Waals surface area contributed by atoms with Crippen LogP contribution >= 0.6 is 11.3 Å². The normalized spacial score (nSPS) is 12.7. The molecule has 0 saturated heterocycles. The Hall–Kier alpha value is -3.93. The first-order valence-electron chi connectivity index (χ1n) is 10.3. The Morgan fingerprint density at radius 1 is 1.03 bits per heavy atom. The van der Waals surface area contributed by atoms with Gasteiger partial charge < -0.3 is 10.4 Å². The quantitative estimate of drug-likeness (QED) is 0.126. The molecule has 0 aliphatic rings. The van der Waals surface area contributed by atoms with Gasteiger partial charge in [0.15, 0.2) is 5.70 Å². The number of carbonyl (C=O) groups excluding carboxylic acids is 1. The van der Waals surface area contributed by atoms with E-state index in [9.17, 15) is 22.9 Å². The number of anilines is 1. The highest BCUT2D eigenvalue weighted by molar-refractivity contribution is 7.86. The second kappa shape index (κ2) is 9.74. The van der Waals surface area contributed by atoms with Crippen molar-refractivity contribution in [2.24, 2.45) is 10.2 Å². The number of thiazole rings is 1. The third kappa shape index (κ3) is 5.43. The van der Waals surface area contributed by atoms with Gasteiger partial charge in [0.1, 0.15) is 15.7 Å². The molecule has 4 rings (SSSR count). The zero-order chi connectivity index (χ0) is 25.2. The van der Waals surface area contributed by atoms with Gasteiger partial charge in [0.25, 0.3) is 16.0 Å². The topological polar surface area (TPSA) is 141 Å². The van der Waals surface area contributed by atoms with Crippen molar-refractivity contribution in [1.29, 1.82) is 0 Å². The number of aliphatic hydroxyl groups is 1. The molecule has 0 bridgehead atoms. The SMILES string of the molecule is C/C(O)=C(/N=Nc1ccc(-c2nc3ccc(C)c(S(=O)(=O)O)c3s2)cc1)C(=O)Nc1ccccc1. The number of aromatic nitrogens is 1. The maximum absolute atomic E-state index is 12.5. The van der Waals surface area contributed by atoms with E-state index in [0.717, 1.165) is 11.3 Å². The van der Waals surface area contributed by atoms with Gasteiger partial charge in [-0.15, -0.1) is 16.5 Å². The number of benzene rings is 3. The number of hydrogen-bond donors (Lipinski definition) is 3. The zero-order valence-corrected chi connectivity index (χ0v) is 20.3. The van der Waals surface area contributed by atoms with Crippen molar-refractivity contribution in [3.8, 4) is 10.6 Å². The van der Waals surface area contributed by atoms with Gasteiger partial charge in [0, 0.05) is 11.3 Å². The van der Waals surface area contributed by atoms with Gasteiger partial charge in [0.2, 0.25) is 0 Å². The summed E-state index contributed by atoms with van der Waals surface area (Å²) in [7, 11) is -4.40. The maximum Gasteiger partial charge on any atom is 0.296 e. The molecule has 178 valence electrons. The lowest BCUT2D eigenvalue weighted by Gasteiger charge is -2.05. The Balaban J connectivity index is 1.57. The second-order valence-electron chi connectivity index (χ2n) is 7.55. The predicted molar refractivity (Wildman–Crippen MR) is 135 cm³/mol. The van der Waals surface area contributed by atoms with Crippen LogP contribution in [-0.4, -0.2) is 29.0 Å². The summed E-state index contributed by atoms with van der Waals surface area (Å²) in [6, 6.07) is 18.8. The van der Waals surface area contributed by atoms with Gasteiger partial charge in [-0.3, -0.25) is 9.35 Å². The minimum atomic E-state index is -4.40. The smallest absolute Gasteiger partial charge is 0.296 e. The van der Waals surface area contributed by atoms with Crippen LogP contribution < -0.4 is 5.32 Å². The molecule has 0 fully saturated rings. The zero-order valence-electron chi connectivity index (χ0n) is 18.6. The number of azo groups is 1. The van der Waals surface area contributed by atoms with Crippen molar-refractivity contribution in [1.82, 2.24) is 4.98 Å². The van der Waals surface area contributed by atoms with E-state index < -0.39 is 16.0 Å². The van der Waals surface area contributed by atoms with Gasteiger partial charge in [-0.2, -0.15) is 13.5 Å². The molecule has 0 atom stereocenters. The standard InChI is InChI=1S/C24H20N4O5S2/c1-14-8-13-19-21(22(14)35(31,32)33)34-24(26-19)16-9-11-18(12-10-16)27-28-20(15(2)29)23(30)25-17-6-4-3-5-7-17/h3-13,29H,1-2H3,(H,25,30)(H,31,32,33)/b20-15-,28-27?. The molecule has 3 aromatic carbocycles. The Kier molecular flexibility index (Phi) is 6.74. The molecule has 0 unspecified atom stereocenters. The van der Waals surface area contributed by atoms with Crippen LogP contribution in [-0.2, 0) is 14.9 Å². The number of allylic oxidation sites excluding steroid dienone is 1. The van der Waals surface area contributed by atoms with Crippen molar-refractivity contribution >= 4 is 49.0 Å². The molecule has 3 N–H and O–H groups in total. The number of nitrogens with one attached hydrogen (secondary N) is 1. The van der Waals surface area contributed by atoms with E-state index in [1.807, 2.05) is 6.07 Å². The molecule has 1 aromatic heterocycles. The summed E-state index contributed by atoms with van der Waals surface area (Å²) in [5.74, 6) is -0.880. The lowest BCUT2D eigenvalue weighted by molar-refractivity contribution is -0.113. The third-order valence-corrected chi connectivity index (χ3v) is 7.25. The second-order valence-corrected chi connectivity index (χ2v) is 9.91. The number of para-hydroxylation sites is 1. The van der Waals surface area contributed by atoms with Crippen LogP contribution in [0.15, 0.2) is 93.3 Å². The van der Waals surface area contributed by atoms with Crippen molar-refractivity contribution in [3.05, 3.63) is 83.7 Å². The van der Waals surface area contributed by atoms with Gasteiger partial charge in [-0.25, -0.2) is 4.98 Å². The Bertz CT molecular complexity index is 1570. The van der Waals surface area contributed by atoms with Gasteiger partial charge >= 0.3 is 0 Å².